The van der Waals surface area contributed by atoms with Crippen LogP contribution in [0.4, 0.5) is 0 Å². The molecule has 5 aliphatic carbocycles. The lowest BCUT2D eigenvalue weighted by atomic mass is 10.1. The van der Waals surface area contributed by atoms with Gasteiger partial charge in [0.15, 0.2) is 8.32 Å². The molecular formula is C36H56O5Si2. The summed E-state index contributed by atoms with van der Waals surface area (Å²) in [6, 6.07) is 7.72. The molecule has 5 saturated carbocycles. The highest BCUT2D eigenvalue weighted by atomic mass is 28.4. The molecule has 0 heterocycles. The van der Waals surface area contributed by atoms with Gasteiger partial charge in [-0.15, -0.1) is 0 Å². The summed E-state index contributed by atoms with van der Waals surface area (Å²) < 4.78 is 17.7. The van der Waals surface area contributed by atoms with Crippen LogP contribution >= 0.6 is 0 Å². The van der Waals surface area contributed by atoms with Gasteiger partial charge in [0.1, 0.15) is 0 Å². The summed E-state index contributed by atoms with van der Waals surface area (Å²) in [5.74, 6) is 8.19. The Morgan fingerprint density at radius 2 is 1.16 bits per heavy atom. The molecule has 5 nitrogen and oxygen atoms in total. The first-order chi connectivity index (χ1) is 20.1. The van der Waals surface area contributed by atoms with Crippen LogP contribution in [0.2, 0.25) is 43.8 Å². The van der Waals surface area contributed by atoms with Crippen LogP contribution in [-0.2, 0) is 13.9 Å². The number of rotatable bonds is 14. The summed E-state index contributed by atoms with van der Waals surface area (Å²) in [5, 5.41) is 0.305. The monoisotopic (exact) mass is 624 g/mol. The number of hydrogen-bond donors (Lipinski definition) is 0. The molecule has 1 aromatic carbocycles. The van der Waals surface area contributed by atoms with Crippen LogP contribution < -0.4 is 0 Å². The third-order valence-electron chi connectivity index (χ3n) is 12.1. The second-order valence-corrected chi connectivity index (χ2v) is 28.1. The van der Waals surface area contributed by atoms with Crippen LogP contribution in [-0.4, -0.2) is 48.2 Å². The van der Waals surface area contributed by atoms with Gasteiger partial charge in [0.05, 0.1) is 24.3 Å². The fourth-order valence-corrected chi connectivity index (χ4v) is 9.52. The minimum Gasteiger partial charge on any atom is -0.462 e. The lowest BCUT2D eigenvalue weighted by molar-refractivity contribution is 0.0478. The fourth-order valence-electron chi connectivity index (χ4n) is 7.74. The predicted molar refractivity (Wildman–Crippen MR) is 176 cm³/mol. The quantitative estimate of drug-likeness (QED) is 0.153. The second-order valence-electron chi connectivity index (χ2n) is 17.7. The Bertz CT molecular complexity index is 1210. The van der Waals surface area contributed by atoms with Crippen molar-refractivity contribution in [2.75, 3.05) is 19.8 Å². The first-order valence-electron chi connectivity index (χ1n) is 17.2. The van der Waals surface area contributed by atoms with Crippen molar-refractivity contribution in [3.8, 4) is 0 Å². The van der Waals surface area contributed by atoms with E-state index >= 15 is 0 Å². The molecule has 7 heteroatoms. The molecule has 0 amide bonds. The Labute approximate surface area is 262 Å². The van der Waals surface area contributed by atoms with Crippen molar-refractivity contribution in [2.45, 2.75) is 96.7 Å². The highest BCUT2D eigenvalue weighted by molar-refractivity contribution is 6.76. The van der Waals surface area contributed by atoms with Crippen LogP contribution in [0.15, 0.2) is 24.3 Å². The van der Waals surface area contributed by atoms with Gasteiger partial charge in [0.2, 0.25) is 0 Å². The Balaban J connectivity index is 0.870. The van der Waals surface area contributed by atoms with Crippen LogP contribution in [0.3, 0.4) is 0 Å². The van der Waals surface area contributed by atoms with Gasteiger partial charge in [0, 0.05) is 14.7 Å². The van der Waals surface area contributed by atoms with Crippen LogP contribution in [0.1, 0.15) is 73.6 Å². The van der Waals surface area contributed by atoms with Crippen molar-refractivity contribution in [2.24, 2.45) is 59.2 Å². The highest BCUT2D eigenvalue weighted by Crippen LogP contribution is 2.72. The SMILES string of the molecule is CC(C)(C)[Si](C)(C)OC[C@@H]1C[C@H]1[C@@H]1C[C@H]1[C@@H]1C[C@H]1[C@@H]1C[C@H]1[C@@H]1C[C@H]1COC(=O)c1cccc(C(=O)OCC[Si](C)(C)C)c1. The maximum Gasteiger partial charge on any atom is 0.338 e. The summed E-state index contributed by atoms with van der Waals surface area (Å²) in [5.41, 5.74) is 0.856. The second kappa shape index (κ2) is 11.4. The van der Waals surface area contributed by atoms with Crippen molar-refractivity contribution in [3.05, 3.63) is 35.4 Å². The molecular weight excluding hydrogens is 569 g/mol. The van der Waals surface area contributed by atoms with Gasteiger partial charge >= 0.3 is 11.9 Å². The van der Waals surface area contributed by atoms with Gasteiger partial charge in [-0.1, -0.05) is 46.5 Å². The summed E-state index contributed by atoms with van der Waals surface area (Å²) in [6.45, 7) is 20.5. The van der Waals surface area contributed by atoms with Crippen molar-refractivity contribution >= 4 is 28.3 Å². The molecule has 5 aliphatic rings. The number of carbonyl (C=O) groups is 2. The van der Waals surface area contributed by atoms with Crippen LogP contribution in [0.25, 0.3) is 0 Å². The Hall–Kier alpha value is -1.45. The van der Waals surface area contributed by atoms with Gasteiger partial charge in [-0.05, 0) is 134 Å². The molecule has 0 unspecified atom stereocenters. The minimum absolute atomic E-state index is 0.305. The molecule has 1 aromatic rings. The average Bonchev–Trinajstić information content (AvgIpc) is 3.73. The molecule has 5 fully saturated rings. The smallest absolute Gasteiger partial charge is 0.338 e. The number of carbonyl (C=O) groups excluding carboxylic acids is 2. The molecule has 0 N–H and O–H groups in total. The third-order valence-corrected chi connectivity index (χ3v) is 18.3. The fraction of sp³-hybridized carbons (Fsp3) is 0.778. The molecule has 6 rings (SSSR count). The van der Waals surface area contributed by atoms with E-state index in [1.165, 1.54) is 32.1 Å². The van der Waals surface area contributed by atoms with E-state index in [0.29, 0.717) is 35.3 Å². The van der Waals surface area contributed by atoms with E-state index in [1.807, 2.05) is 0 Å². The van der Waals surface area contributed by atoms with Crippen LogP contribution in [0, 0.1) is 59.2 Å². The molecule has 0 radical (unpaired) electrons. The van der Waals surface area contributed by atoms with E-state index in [4.69, 9.17) is 13.9 Å². The Morgan fingerprint density at radius 3 is 1.65 bits per heavy atom. The first-order valence-corrected chi connectivity index (χ1v) is 23.8. The lowest BCUT2D eigenvalue weighted by Crippen LogP contribution is -2.41. The Kier molecular flexibility index (Phi) is 8.37. The zero-order chi connectivity index (χ0) is 30.9. The molecule has 0 saturated heterocycles. The normalized spacial score (nSPS) is 36.1. The molecule has 0 bridgehead atoms. The predicted octanol–water partition coefficient (Wildman–Crippen LogP) is 8.54. The van der Waals surface area contributed by atoms with E-state index in [2.05, 4.69) is 53.5 Å². The highest BCUT2D eigenvalue weighted by Gasteiger charge is 2.66. The Morgan fingerprint density at radius 1 is 0.698 bits per heavy atom. The number of ether oxygens (including phenoxy) is 2. The maximum atomic E-state index is 12.8. The summed E-state index contributed by atoms with van der Waals surface area (Å²) in [6.07, 6.45) is 6.98. The van der Waals surface area contributed by atoms with Crippen molar-refractivity contribution < 1.29 is 23.5 Å². The van der Waals surface area contributed by atoms with Gasteiger partial charge in [0.25, 0.3) is 0 Å². The van der Waals surface area contributed by atoms with Gasteiger partial charge in [-0.3, -0.25) is 0 Å². The molecule has 0 spiro atoms. The minimum atomic E-state index is -1.62. The standard InChI is InChI=1S/C36H56O5Si2/c1-36(2,3)43(7,8)41-21-25-16-27(25)29-18-31(29)33-19-32(33)30-17-28(30)26-15-24(26)20-40-35(38)23-11-9-10-22(14-23)34(37)39-12-13-42(4,5)6/h9-11,14,24-33H,12-13,15-21H2,1-8H3/t24-,25-,26+,27+,28-,29-,30+,31+,32-,33-/m0/s1. The van der Waals surface area contributed by atoms with E-state index in [9.17, 15) is 9.59 Å². The number of hydrogen-bond acceptors (Lipinski definition) is 5. The van der Waals surface area contributed by atoms with Crippen LogP contribution in [0.5, 0.6) is 0 Å². The first kappa shape index (κ1) is 31.5. The zero-order valence-corrected chi connectivity index (χ0v) is 30.0. The van der Waals surface area contributed by atoms with Crippen molar-refractivity contribution in [1.29, 1.82) is 0 Å². The summed E-state index contributed by atoms with van der Waals surface area (Å²) in [7, 11) is -2.89. The van der Waals surface area contributed by atoms with Gasteiger partial charge in [-0.2, -0.15) is 0 Å². The number of benzene rings is 1. The van der Waals surface area contributed by atoms with E-state index in [0.717, 1.165) is 65.9 Å². The lowest BCUT2D eigenvalue weighted by Gasteiger charge is -2.36. The number of esters is 2. The molecule has 238 valence electrons. The van der Waals surface area contributed by atoms with Gasteiger partial charge in [-0.25, -0.2) is 9.59 Å². The summed E-state index contributed by atoms with van der Waals surface area (Å²) >= 11 is 0. The van der Waals surface area contributed by atoms with E-state index in [1.54, 1.807) is 24.3 Å². The van der Waals surface area contributed by atoms with Crippen molar-refractivity contribution in [1.82, 2.24) is 0 Å². The molecule has 43 heavy (non-hydrogen) atoms. The molecule has 0 aliphatic heterocycles. The molecule has 0 aromatic heterocycles. The zero-order valence-electron chi connectivity index (χ0n) is 28.0. The maximum absolute atomic E-state index is 12.8. The third kappa shape index (κ3) is 7.52. The topological polar surface area (TPSA) is 61.8 Å². The summed E-state index contributed by atoms with van der Waals surface area (Å²) in [4.78, 5) is 25.2. The van der Waals surface area contributed by atoms with E-state index in [-0.39, 0.29) is 11.9 Å². The van der Waals surface area contributed by atoms with Gasteiger partial charge < -0.3 is 13.9 Å². The largest absolute Gasteiger partial charge is 0.462 e. The average molecular weight is 625 g/mol. The van der Waals surface area contributed by atoms with Crippen molar-refractivity contribution in [3.63, 3.8) is 0 Å². The van der Waals surface area contributed by atoms with E-state index < -0.39 is 16.4 Å². The molecule has 10 atom stereocenters.